The SMILES string of the molecule is C[C@@H]1CCC[C@@H](C)N1C(=O)CSc1nnc(-c2ccccc2F)n1N. The highest BCUT2D eigenvalue weighted by Crippen LogP contribution is 2.26. The van der Waals surface area contributed by atoms with E-state index in [1.54, 1.807) is 18.2 Å². The van der Waals surface area contributed by atoms with Crippen LogP contribution in [0.15, 0.2) is 29.4 Å². The molecule has 1 amide bonds. The normalized spacial score (nSPS) is 20.7. The van der Waals surface area contributed by atoms with E-state index < -0.39 is 5.82 Å². The first-order valence-electron chi connectivity index (χ1n) is 8.38. The zero-order chi connectivity index (χ0) is 18.0. The predicted octanol–water partition coefficient (Wildman–Crippen LogP) is 2.68. The highest BCUT2D eigenvalue weighted by molar-refractivity contribution is 7.99. The van der Waals surface area contributed by atoms with Gasteiger partial charge in [-0.15, -0.1) is 10.2 Å². The van der Waals surface area contributed by atoms with Crippen LogP contribution in [0.1, 0.15) is 33.1 Å². The lowest BCUT2D eigenvalue weighted by Crippen LogP contribution is -2.48. The van der Waals surface area contributed by atoms with E-state index in [-0.39, 0.29) is 35.1 Å². The van der Waals surface area contributed by atoms with Crippen molar-refractivity contribution in [3.63, 3.8) is 0 Å². The van der Waals surface area contributed by atoms with Crippen LogP contribution in [-0.2, 0) is 4.79 Å². The molecule has 134 valence electrons. The number of halogens is 1. The van der Waals surface area contributed by atoms with Crippen molar-refractivity contribution in [1.82, 2.24) is 19.8 Å². The molecule has 8 heteroatoms. The molecule has 2 atom stereocenters. The molecule has 6 nitrogen and oxygen atoms in total. The molecular weight excluding hydrogens is 341 g/mol. The van der Waals surface area contributed by atoms with E-state index in [0.717, 1.165) is 19.3 Å². The number of aromatic nitrogens is 3. The van der Waals surface area contributed by atoms with Gasteiger partial charge in [0.15, 0.2) is 5.82 Å². The van der Waals surface area contributed by atoms with Crippen molar-refractivity contribution in [3.8, 4) is 11.4 Å². The van der Waals surface area contributed by atoms with Gasteiger partial charge in [-0.3, -0.25) is 4.79 Å². The van der Waals surface area contributed by atoms with E-state index in [2.05, 4.69) is 24.0 Å². The smallest absolute Gasteiger partial charge is 0.233 e. The van der Waals surface area contributed by atoms with Crippen molar-refractivity contribution in [2.24, 2.45) is 0 Å². The fourth-order valence-corrected chi connectivity index (χ4v) is 4.04. The third-order valence-electron chi connectivity index (χ3n) is 4.59. The van der Waals surface area contributed by atoms with Gasteiger partial charge in [-0.1, -0.05) is 23.9 Å². The maximum Gasteiger partial charge on any atom is 0.233 e. The van der Waals surface area contributed by atoms with Crippen LogP contribution in [0, 0.1) is 5.82 Å². The van der Waals surface area contributed by atoms with E-state index in [1.165, 1.54) is 22.5 Å². The Balaban J connectivity index is 1.70. The molecule has 2 heterocycles. The molecule has 1 aliphatic heterocycles. The first kappa shape index (κ1) is 17.7. The second-order valence-electron chi connectivity index (χ2n) is 6.37. The first-order chi connectivity index (χ1) is 12.0. The lowest BCUT2D eigenvalue weighted by molar-refractivity contribution is -0.134. The van der Waals surface area contributed by atoms with E-state index in [4.69, 9.17) is 5.84 Å². The molecule has 1 saturated heterocycles. The maximum absolute atomic E-state index is 13.9. The number of carbonyl (C=O) groups excluding carboxylic acids is 1. The Kier molecular flexibility index (Phi) is 5.27. The standard InChI is InChI=1S/C17H22FN5OS/c1-11-6-5-7-12(2)22(11)15(24)10-25-17-21-20-16(23(17)19)13-8-3-4-9-14(13)18/h3-4,8-9,11-12H,5-7,10,19H2,1-2H3/t11-,12-/m1/s1. The van der Waals surface area contributed by atoms with Crippen molar-refractivity contribution >= 4 is 17.7 Å². The topological polar surface area (TPSA) is 77.0 Å². The highest BCUT2D eigenvalue weighted by Gasteiger charge is 2.29. The molecule has 0 radical (unpaired) electrons. The van der Waals surface area contributed by atoms with E-state index in [0.29, 0.717) is 5.16 Å². The van der Waals surface area contributed by atoms with Gasteiger partial charge in [-0.2, -0.15) is 0 Å². The molecule has 0 unspecified atom stereocenters. The molecule has 2 N–H and O–H groups in total. The van der Waals surface area contributed by atoms with Crippen molar-refractivity contribution in [1.29, 1.82) is 0 Å². The first-order valence-corrected chi connectivity index (χ1v) is 9.37. The van der Waals surface area contributed by atoms with Crippen LogP contribution in [0.2, 0.25) is 0 Å². The van der Waals surface area contributed by atoms with Crippen molar-refractivity contribution in [3.05, 3.63) is 30.1 Å². The highest BCUT2D eigenvalue weighted by atomic mass is 32.2. The fraction of sp³-hybridized carbons (Fsp3) is 0.471. The lowest BCUT2D eigenvalue weighted by atomic mass is 9.98. The number of likely N-dealkylation sites (tertiary alicyclic amines) is 1. The number of rotatable bonds is 4. The third kappa shape index (κ3) is 3.63. The Labute approximate surface area is 150 Å². The quantitative estimate of drug-likeness (QED) is 0.667. The van der Waals surface area contributed by atoms with Crippen LogP contribution < -0.4 is 5.84 Å². The van der Waals surface area contributed by atoms with E-state index >= 15 is 0 Å². The summed E-state index contributed by atoms with van der Waals surface area (Å²) in [6.07, 6.45) is 3.22. The summed E-state index contributed by atoms with van der Waals surface area (Å²) in [5.41, 5.74) is 0.286. The minimum Gasteiger partial charge on any atom is -0.337 e. The average molecular weight is 363 g/mol. The van der Waals surface area contributed by atoms with Gasteiger partial charge in [-0.25, -0.2) is 9.07 Å². The molecule has 1 aliphatic rings. The van der Waals surface area contributed by atoms with Gasteiger partial charge in [0.25, 0.3) is 0 Å². The van der Waals surface area contributed by atoms with Crippen LogP contribution >= 0.6 is 11.8 Å². The van der Waals surface area contributed by atoms with Gasteiger partial charge in [-0.05, 0) is 45.2 Å². The maximum atomic E-state index is 13.9. The van der Waals surface area contributed by atoms with Crippen LogP contribution in [0.5, 0.6) is 0 Å². The number of piperidine rings is 1. The summed E-state index contributed by atoms with van der Waals surface area (Å²) in [4.78, 5) is 14.5. The summed E-state index contributed by atoms with van der Waals surface area (Å²) in [7, 11) is 0. The van der Waals surface area contributed by atoms with Crippen LogP contribution in [0.4, 0.5) is 4.39 Å². The monoisotopic (exact) mass is 363 g/mol. The Morgan fingerprint density at radius 2 is 1.96 bits per heavy atom. The molecule has 0 bridgehead atoms. The second kappa shape index (κ2) is 7.43. The Morgan fingerprint density at radius 1 is 1.28 bits per heavy atom. The molecular formula is C17H22FN5OS. The predicted molar refractivity (Wildman–Crippen MR) is 95.9 cm³/mol. The molecule has 1 fully saturated rings. The van der Waals surface area contributed by atoms with Gasteiger partial charge in [0, 0.05) is 12.1 Å². The zero-order valence-electron chi connectivity index (χ0n) is 14.4. The Hall–Kier alpha value is -2.09. The summed E-state index contributed by atoms with van der Waals surface area (Å²) in [5, 5.41) is 8.36. The van der Waals surface area contributed by atoms with Gasteiger partial charge < -0.3 is 10.7 Å². The third-order valence-corrected chi connectivity index (χ3v) is 5.51. The molecule has 2 aromatic rings. The summed E-state index contributed by atoms with van der Waals surface area (Å²) < 4.78 is 15.1. The molecule has 1 aromatic heterocycles. The molecule has 0 spiro atoms. The second-order valence-corrected chi connectivity index (χ2v) is 7.32. The Morgan fingerprint density at radius 3 is 2.64 bits per heavy atom. The summed E-state index contributed by atoms with van der Waals surface area (Å²) in [6.45, 7) is 4.17. The number of nitrogen functional groups attached to an aromatic ring is 1. The summed E-state index contributed by atoms with van der Waals surface area (Å²) >= 11 is 1.22. The van der Waals surface area contributed by atoms with Crippen LogP contribution in [0.3, 0.4) is 0 Å². The van der Waals surface area contributed by atoms with Gasteiger partial charge >= 0.3 is 0 Å². The fourth-order valence-electron chi connectivity index (χ4n) is 3.32. The van der Waals surface area contributed by atoms with Crippen molar-refractivity contribution in [2.75, 3.05) is 11.6 Å². The molecule has 3 rings (SSSR count). The van der Waals surface area contributed by atoms with Gasteiger partial charge in [0.2, 0.25) is 11.1 Å². The number of amides is 1. The number of hydrogen-bond acceptors (Lipinski definition) is 5. The van der Waals surface area contributed by atoms with Gasteiger partial charge in [0.1, 0.15) is 5.82 Å². The number of nitrogens with two attached hydrogens (primary N) is 1. The van der Waals surface area contributed by atoms with Crippen molar-refractivity contribution < 1.29 is 9.18 Å². The average Bonchev–Trinajstić information content (AvgIpc) is 2.94. The van der Waals surface area contributed by atoms with E-state index in [1.807, 2.05) is 4.90 Å². The number of hydrogen-bond donors (Lipinski definition) is 1. The molecule has 1 aromatic carbocycles. The van der Waals surface area contributed by atoms with Crippen LogP contribution in [-0.4, -0.2) is 43.5 Å². The van der Waals surface area contributed by atoms with Gasteiger partial charge in [0.05, 0.1) is 11.3 Å². The zero-order valence-corrected chi connectivity index (χ0v) is 15.2. The molecule has 0 saturated carbocycles. The van der Waals surface area contributed by atoms with Crippen molar-refractivity contribution in [2.45, 2.75) is 50.4 Å². The number of nitrogens with zero attached hydrogens (tertiary/aromatic N) is 4. The molecule has 0 aliphatic carbocycles. The number of carbonyl (C=O) groups is 1. The summed E-state index contributed by atoms with van der Waals surface area (Å²) in [6, 6.07) is 6.76. The molecule has 25 heavy (non-hydrogen) atoms. The largest absolute Gasteiger partial charge is 0.337 e. The number of benzene rings is 1. The minimum absolute atomic E-state index is 0.0696. The van der Waals surface area contributed by atoms with Crippen LogP contribution in [0.25, 0.3) is 11.4 Å². The minimum atomic E-state index is -0.412. The Bertz CT molecular complexity index is 755. The van der Waals surface area contributed by atoms with E-state index in [9.17, 15) is 9.18 Å². The lowest BCUT2D eigenvalue weighted by Gasteiger charge is -2.39. The summed E-state index contributed by atoms with van der Waals surface area (Å²) in [5.74, 6) is 6.14. The number of thioether (sulfide) groups is 1.